The first-order valence-electron chi connectivity index (χ1n) is 28.4. The van der Waals surface area contributed by atoms with E-state index in [2.05, 4.69) is 15.0 Å². The van der Waals surface area contributed by atoms with Crippen LogP contribution in [-0.2, 0) is 38.2 Å². The highest BCUT2D eigenvalue weighted by Crippen LogP contribution is 2.35. The van der Waals surface area contributed by atoms with Crippen molar-refractivity contribution in [3.05, 3.63) is 208 Å². The Morgan fingerprint density at radius 2 is 1.15 bits per heavy atom. The van der Waals surface area contributed by atoms with Crippen molar-refractivity contribution in [1.82, 2.24) is 15.0 Å². The Balaban J connectivity index is 1.20. The molecule has 4 heterocycles. The summed E-state index contributed by atoms with van der Waals surface area (Å²) in [6.45, 7) is -6.15. The topological polar surface area (TPSA) is 75.6 Å². The van der Waals surface area contributed by atoms with Crippen LogP contribution in [0.15, 0.2) is 162 Å². The van der Waals surface area contributed by atoms with Crippen LogP contribution in [0.3, 0.4) is 0 Å². The summed E-state index contributed by atoms with van der Waals surface area (Å²) in [7, 11) is 0. The van der Waals surface area contributed by atoms with Gasteiger partial charge in [-0.05, 0) is 139 Å². The number of fused-ring (bicyclic) bond motifs is 3. The molecule has 0 N–H and O–H groups in total. The maximum Gasteiger partial charge on any atom is 0.144 e. The van der Waals surface area contributed by atoms with Crippen molar-refractivity contribution in [3.8, 4) is 39.8 Å². The Hall–Kier alpha value is -7.16. The van der Waals surface area contributed by atoms with Gasteiger partial charge in [0.1, 0.15) is 11.2 Å². The van der Waals surface area contributed by atoms with Crippen LogP contribution in [0.2, 0.25) is 0 Å². The van der Waals surface area contributed by atoms with Crippen molar-refractivity contribution < 1.29 is 31.8 Å². The number of pyridine rings is 3. The molecule has 0 fully saturated rings. The van der Waals surface area contributed by atoms with Gasteiger partial charge in [0.05, 0.1) is 31.5 Å². The lowest BCUT2D eigenvalue weighted by molar-refractivity contribution is 0.670. The summed E-state index contributed by atoms with van der Waals surface area (Å²) in [6, 6.07) is 31.2. The molecule has 59 heavy (non-hydrogen) atoms. The van der Waals surface area contributed by atoms with Crippen molar-refractivity contribution in [2.24, 2.45) is 0 Å². The monoisotopic (exact) mass is 784 g/mol. The number of para-hydroxylation sites is 1. The van der Waals surface area contributed by atoms with Crippen LogP contribution in [0.4, 0.5) is 0 Å². The third-order valence-electron chi connectivity index (χ3n) is 9.41. The Morgan fingerprint density at radius 3 is 1.71 bits per heavy atom. The minimum Gasteiger partial charge on any atom is -0.455 e. The van der Waals surface area contributed by atoms with Gasteiger partial charge in [0, 0.05) is 70.7 Å². The van der Waals surface area contributed by atoms with Crippen molar-refractivity contribution in [1.29, 1.82) is 5.26 Å². The van der Waals surface area contributed by atoms with Gasteiger partial charge in [-0.2, -0.15) is 5.26 Å². The number of hydrogen-bond acceptors (Lipinski definition) is 5. The standard InChI is InChI=1S/C54H44N4O/c1-36-26-51(43-10-5-3-6-11-43)57-34-45(36)22-18-40-28-39(29-41(30-40)19-23-46-35-58-52(27-37(46)2)44-12-7-4-8-13-44)17-16-38-20-24-50(56-33-38)48-15-9-14-47-49-31-42(32-55)21-25-53(49)59-54(47)48/h3-15,20-21,24-31,33-35H,16-19,22-23H2,1-2H3/i1D3,2D3,16D2,17D2,18D2,19D2,21D,22D2,23D2,31D. The van der Waals surface area contributed by atoms with Gasteiger partial charge in [0.25, 0.3) is 0 Å². The van der Waals surface area contributed by atoms with E-state index in [1.807, 2.05) is 6.07 Å². The summed E-state index contributed by atoms with van der Waals surface area (Å²) in [6.07, 6.45) is -17.7. The fourth-order valence-electron chi connectivity index (χ4n) is 6.47. The molecule has 0 saturated carbocycles. The van der Waals surface area contributed by atoms with Crippen molar-refractivity contribution in [3.63, 3.8) is 0 Å². The SMILES string of the molecule is [2H]c1cc2oc3c(-c4ccc(C([2H])([2H])C([2H])([2H])c5cc(C([2H])([2H])C([2H])([2H])c6cnc(-c7ccccc7)cc6C([2H])([2H])[2H])cc(C([2H])([2H])C([2H])([2H])c6cnc(-c7ccccc7)cc6C([2H])([2H])[2H])c5)cn4)cccc3c2c([2H])c1C#N. The zero-order valence-corrected chi connectivity index (χ0v) is 31.1. The lowest BCUT2D eigenvalue weighted by Gasteiger charge is -2.13. The highest BCUT2D eigenvalue weighted by Gasteiger charge is 2.14. The number of rotatable bonds is 12. The Bertz CT molecular complexity index is 3730. The van der Waals surface area contributed by atoms with Crippen LogP contribution in [0.25, 0.3) is 55.7 Å². The van der Waals surface area contributed by atoms with Crippen LogP contribution in [0.1, 0.15) is 77.5 Å². The molecule has 0 aliphatic heterocycles. The number of aromatic nitrogens is 3. The molecule has 5 heteroatoms. The number of furan rings is 1. The Kier molecular flexibility index (Phi) is 5.97. The molecular formula is C54H44N4O. The third kappa shape index (κ3) is 8.30. The molecule has 0 bridgehead atoms. The molecule has 0 spiro atoms. The van der Waals surface area contributed by atoms with E-state index in [1.165, 1.54) is 18.2 Å². The van der Waals surface area contributed by atoms with Crippen molar-refractivity contribution >= 4 is 21.9 Å². The normalized spacial score (nSPS) is 18.2. The summed E-state index contributed by atoms with van der Waals surface area (Å²) < 4.78 is 187. The molecule has 0 atom stereocenters. The minimum absolute atomic E-state index is 0.111. The molecule has 9 aromatic rings. The molecule has 4 aromatic heterocycles. The van der Waals surface area contributed by atoms with Gasteiger partial charge in [-0.25, -0.2) is 0 Å². The second-order valence-electron chi connectivity index (χ2n) is 13.4. The van der Waals surface area contributed by atoms with E-state index in [9.17, 15) is 21.7 Å². The molecule has 5 nitrogen and oxygen atoms in total. The molecule has 0 saturated heterocycles. The number of hydrogen-bond donors (Lipinski definition) is 0. The molecule has 0 unspecified atom stereocenters. The first-order valence-corrected chi connectivity index (χ1v) is 18.4. The third-order valence-corrected chi connectivity index (χ3v) is 9.41. The van der Waals surface area contributed by atoms with E-state index in [1.54, 1.807) is 78.9 Å². The molecule has 0 aliphatic carbocycles. The minimum atomic E-state index is -3.50. The second-order valence-corrected chi connectivity index (χ2v) is 13.4. The van der Waals surface area contributed by atoms with Crippen LogP contribution < -0.4 is 0 Å². The molecular weight excluding hydrogens is 721 g/mol. The largest absolute Gasteiger partial charge is 0.455 e. The van der Waals surface area contributed by atoms with E-state index in [0.29, 0.717) is 22.1 Å². The van der Waals surface area contributed by atoms with Gasteiger partial charge in [0.2, 0.25) is 0 Å². The quantitative estimate of drug-likeness (QED) is 0.123. The Labute approximate surface area is 373 Å². The van der Waals surface area contributed by atoms with Crippen LogP contribution in [0, 0.1) is 25.0 Å². The predicted molar refractivity (Wildman–Crippen MR) is 239 cm³/mol. The van der Waals surface area contributed by atoms with Gasteiger partial charge in [-0.3, -0.25) is 15.0 Å². The zero-order chi connectivity index (χ0) is 57.6. The maximum atomic E-state index is 9.62. The molecule has 0 aliphatic rings. The van der Waals surface area contributed by atoms with Crippen molar-refractivity contribution in [2.45, 2.75) is 51.9 Å². The van der Waals surface area contributed by atoms with E-state index in [4.69, 9.17) is 15.4 Å². The maximum absolute atomic E-state index is 9.62. The fourth-order valence-corrected chi connectivity index (χ4v) is 6.47. The molecule has 286 valence electrons. The smallest absolute Gasteiger partial charge is 0.144 e. The summed E-state index contributed by atoms with van der Waals surface area (Å²) in [4.78, 5) is 13.0. The lowest BCUT2D eigenvalue weighted by atomic mass is 9.93. The van der Waals surface area contributed by atoms with E-state index in [-0.39, 0.29) is 51.3 Å². The van der Waals surface area contributed by atoms with Gasteiger partial charge in [0.15, 0.2) is 0 Å². The van der Waals surface area contributed by atoms with Crippen LogP contribution in [-0.4, -0.2) is 15.0 Å². The fraction of sp³-hybridized carbons (Fsp3) is 0.148. The molecule has 5 aromatic carbocycles. The highest BCUT2D eigenvalue weighted by molar-refractivity contribution is 6.09. The number of nitrogens with zero attached hydrogens (tertiary/aromatic N) is 4. The number of nitriles is 1. The predicted octanol–water partition coefficient (Wildman–Crippen LogP) is 12.6. The summed E-state index contributed by atoms with van der Waals surface area (Å²) in [5, 5.41) is 10.3. The van der Waals surface area contributed by atoms with Gasteiger partial charge >= 0.3 is 0 Å². The molecule has 0 radical (unpaired) electrons. The van der Waals surface area contributed by atoms with Gasteiger partial charge in [-0.15, -0.1) is 0 Å². The summed E-state index contributed by atoms with van der Waals surface area (Å²) >= 11 is 0. The highest BCUT2D eigenvalue weighted by atomic mass is 16.3. The number of benzene rings is 5. The average molecular weight is 785 g/mol. The summed E-state index contributed by atoms with van der Waals surface area (Å²) in [5.74, 6) is 0. The van der Waals surface area contributed by atoms with Gasteiger partial charge < -0.3 is 4.42 Å². The van der Waals surface area contributed by atoms with Gasteiger partial charge in [-0.1, -0.05) is 97.1 Å². The van der Waals surface area contributed by atoms with Crippen LogP contribution in [0.5, 0.6) is 0 Å². The Morgan fingerprint density at radius 1 is 0.576 bits per heavy atom. The zero-order valence-electron chi connectivity index (χ0n) is 51.1. The van der Waals surface area contributed by atoms with Crippen LogP contribution >= 0.6 is 0 Å². The van der Waals surface area contributed by atoms with E-state index in [0.717, 1.165) is 48.9 Å². The molecule has 0 amide bonds. The number of aryl methyl sites for hydroxylation is 8. The first-order chi connectivity index (χ1) is 36.8. The van der Waals surface area contributed by atoms with E-state index < -0.39 is 96.4 Å². The first kappa shape index (κ1) is 21.0. The van der Waals surface area contributed by atoms with E-state index >= 15 is 0 Å². The second kappa shape index (κ2) is 16.7. The average Bonchev–Trinajstić information content (AvgIpc) is 3.92. The molecule has 9 rings (SSSR count). The van der Waals surface area contributed by atoms with Crippen molar-refractivity contribution in [2.75, 3.05) is 0 Å². The lowest BCUT2D eigenvalue weighted by Crippen LogP contribution is -2.02. The summed E-state index contributed by atoms with van der Waals surface area (Å²) in [5.41, 5.74) is -3.95.